The van der Waals surface area contributed by atoms with Crippen LogP contribution in [0.25, 0.3) is 11.3 Å². The Balaban J connectivity index is 1.60. The molecule has 178 valence electrons. The third-order valence-electron chi connectivity index (χ3n) is 5.80. The zero-order valence-electron chi connectivity index (χ0n) is 19.5. The minimum Gasteiger partial charge on any atom is -0.493 e. The predicted octanol–water partition coefficient (Wildman–Crippen LogP) is 3.41. The van der Waals surface area contributed by atoms with Gasteiger partial charge in [0.15, 0.2) is 17.8 Å². The predicted molar refractivity (Wildman–Crippen MR) is 129 cm³/mol. The van der Waals surface area contributed by atoms with E-state index in [0.29, 0.717) is 28.7 Å². The fourth-order valence-corrected chi connectivity index (χ4v) is 3.69. The smallest absolute Gasteiger partial charge is 0.324 e. The summed E-state index contributed by atoms with van der Waals surface area (Å²) in [5.74, 6) is 1.19. The molecular weight excluding hydrogens is 436 g/mol. The molecule has 3 unspecified atom stereocenters. The first-order chi connectivity index (χ1) is 16.4. The van der Waals surface area contributed by atoms with Gasteiger partial charge in [-0.05, 0) is 19.1 Å². The highest BCUT2D eigenvalue weighted by Gasteiger charge is 2.32. The minimum atomic E-state index is -0.618. The minimum absolute atomic E-state index is 0.0726. The first kappa shape index (κ1) is 23.1. The molecular formula is C24H28N6O4. The molecule has 0 aliphatic carbocycles. The van der Waals surface area contributed by atoms with Gasteiger partial charge in [0.25, 0.3) is 0 Å². The Morgan fingerprint density at radius 2 is 1.74 bits per heavy atom. The number of hydrogen-bond acceptors (Lipinski definition) is 6. The third kappa shape index (κ3) is 4.81. The molecule has 1 fully saturated rings. The molecule has 4 N–H and O–H groups in total. The highest BCUT2D eigenvalue weighted by Crippen LogP contribution is 2.30. The van der Waals surface area contributed by atoms with E-state index >= 15 is 0 Å². The summed E-state index contributed by atoms with van der Waals surface area (Å²) in [6, 6.07) is 15.9. The second-order valence-corrected chi connectivity index (χ2v) is 8.03. The van der Waals surface area contributed by atoms with E-state index in [1.165, 1.54) is 7.11 Å². The molecule has 4 rings (SSSR count). The van der Waals surface area contributed by atoms with Gasteiger partial charge in [-0.1, -0.05) is 37.3 Å². The molecule has 1 aliphatic heterocycles. The lowest BCUT2D eigenvalue weighted by Crippen LogP contribution is -2.57. The maximum atomic E-state index is 12.9. The van der Waals surface area contributed by atoms with Crippen molar-refractivity contribution in [3.8, 4) is 22.8 Å². The van der Waals surface area contributed by atoms with Crippen molar-refractivity contribution in [2.75, 3.05) is 24.9 Å². The van der Waals surface area contributed by atoms with Crippen molar-refractivity contribution in [1.29, 1.82) is 0 Å². The molecule has 3 amide bonds. The maximum Gasteiger partial charge on any atom is 0.324 e. The standard InChI is InChI=1S/C24H28N6O4/c1-14-15(2)25-23(28-22(14)31)30-21(13-18(29-30)16-8-6-5-7-9-16)27-24(32)26-17-10-11-19(33-3)20(12-17)34-4/h5-15,23,25H,1-4H3,(H,28,31)(H2,26,27,32). The van der Waals surface area contributed by atoms with Gasteiger partial charge < -0.3 is 20.1 Å². The van der Waals surface area contributed by atoms with Crippen molar-refractivity contribution in [2.24, 2.45) is 5.92 Å². The second-order valence-electron chi connectivity index (χ2n) is 8.03. The number of methoxy groups -OCH3 is 2. The lowest BCUT2D eigenvalue weighted by atomic mass is 10.0. The van der Waals surface area contributed by atoms with Crippen LogP contribution < -0.4 is 30.7 Å². The molecule has 3 atom stereocenters. The average molecular weight is 465 g/mol. The van der Waals surface area contributed by atoms with Crippen LogP contribution in [-0.2, 0) is 4.79 Å². The lowest BCUT2D eigenvalue weighted by Gasteiger charge is -2.34. The van der Waals surface area contributed by atoms with E-state index < -0.39 is 12.3 Å². The first-order valence-electron chi connectivity index (χ1n) is 10.9. The molecule has 3 aromatic rings. The van der Waals surface area contributed by atoms with Gasteiger partial charge in [-0.25, -0.2) is 9.48 Å². The van der Waals surface area contributed by atoms with Crippen LogP contribution in [0.2, 0.25) is 0 Å². The van der Waals surface area contributed by atoms with Gasteiger partial charge in [0.1, 0.15) is 5.82 Å². The van der Waals surface area contributed by atoms with Crippen LogP contribution in [0, 0.1) is 5.92 Å². The van der Waals surface area contributed by atoms with E-state index in [4.69, 9.17) is 9.47 Å². The Bertz CT molecular complexity index is 1180. The van der Waals surface area contributed by atoms with Crippen LogP contribution in [0.15, 0.2) is 54.6 Å². The summed E-state index contributed by atoms with van der Waals surface area (Å²) in [6.45, 7) is 3.80. The Hall–Kier alpha value is -4.05. The number of urea groups is 1. The number of carbonyl (C=O) groups is 2. The van der Waals surface area contributed by atoms with Gasteiger partial charge in [0.2, 0.25) is 5.91 Å². The van der Waals surface area contributed by atoms with E-state index in [-0.39, 0.29) is 17.9 Å². The van der Waals surface area contributed by atoms with Crippen LogP contribution in [0.5, 0.6) is 11.5 Å². The summed E-state index contributed by atoms with van der Waals surface area (Å²) in [4.78, 5) is 25.3. The number of aromatic nitrogens is 2. The fraction of sp³-hybridized carbons (Fsp3) is 0.292. The summed E-state index contributed by atoms with van der Waals surface area (Å²) in [7, 11) is 3.07. The Morgan fingerprint density at radius 1 is 1.00 bits per heavy atom. The highest BCUT2D eigenvalue weighted by molar-refractivity contribution is 5.99. The molecule has 2 aromatic carbocycles. The number of carbonyl (C=O) groups excluding carboxylic acids is 2. The monoisotopic (exact) mass is 464 g/mol. The van der Waals surface area contributed by atoms with Crippen LogP contribution in [0.4, 0.5) is 16.3 Å². The van der Waals surface area contributed by atoms with Crippen molar-refractivity contribution in [3.63, 3.8) is 0 Å². The van der Waals surface area contributed by atoms with Crippen LogP contribution in [-0.4, -0.2) is 42.0 Å². The van der Waals surface area contributed by atoms with E-state index in [1.807, 2.05) is 44.2 Å². The fourth-order valence-electron chi connectivity index (χ4n) is 3.69. The van der Waals surface area contributed by atoms with Gasteiger partial charge in [-0.2, -0.15) is 5.10 Å². The number of nitrogens with zero attached hydrogens (tertiary/aromatic N) is 2. The summed E-state index contributed by atoms with van der Waals surface area (Å²) in [5.41, 5.74) is 2.06. The van der Waals surface area contributed by atoms with Crippen molar-refractivity contribution in [1.82, 2.24) is 20.4 Å². The van der Waals surface area contributed by atoms with Crippen molar-refractivity contribution < 1.29 is 19.1 Å². The number of hydrogen-bond donors (Lipinski definition) is 4. The van der Waals surface area contributed by atoms with E-state index in [2.05, 4.69) is 26.4 Å². The molecule has 0 saturated carbocycles. The van der Waals surface area contributed by atoms with Gasteiger partial charge in [0.05, 0.1) is 25.8 Å². The number of ether oxygens (including phenoxy) is 2. The van der Waals surface area contributed by atoms with E-state index in [9.17, 15) is 9.59 Å². The Kier molecular flexibility index (Phi) is 6.69. The number of anilines is 2. The van der Waals surface area contributed by atoms with E-state index in [0.717, 1.165) is 5.56 Å². The topological polar surface area (TPSA) is 119 Å². The molecule has 2 heterocycles. The van der Waals surface area contributed by atoms with Crippen LogP contribution >= 0.6 is 0 Å². The first-order valence-corrected chi connectivity index (χ1v) is 10.9. The normalized spacial score (nSPS) is 19.8. The Labute approximate surface area is 197 Å². The van der Waals surface area contributed by atoms with Crippen molar-refractivity contribution in [2.45, 2.75) is 26.2 Å². The van der Waals surface area contributed by atoms with E-state index in [1.54, 1.807) is 36.1 Å². The van der Waals surface area contributed by atoms with Crippen LogP contribution in [0.1, 0.15) is 20.1 Å². The summed E-state index contributed by atoms with van der Waals surface area (Å²) in [6.07, 6.45) is -0.618. The third-order valence-corrected chi connectivity index (χ3v) is 5.80. The number of benzene rings is 2. The number of rotatable bonds is 6. The van der Waals surface area contributed by atoms with Gasteiger partial charge in [-0.3, -0.25) is 15.4 Å². The quantitative estimate of drug-likeness (QED) is 0.444. The molecule has 1 aromatic heterocycles. The molecule has 10 nitrogen and oxygen atoms in total. The summed E-state index contributed by atoms with van der Waals surface area (Å²) < 4.78 is 12.1. The van der Waals surface area contributed by atoms with Gasteiger partial charge >= 0.3 is 6.03 Å². The van der Waals surface area contributed by atoms with Gasteiger partial charge in [-0.15, -0.1) is 0 Å². The molecule has 10 heteroatoms. The average Bonchev–Trinajstić information content (AvgIpc) is 3.26. The number of amides is 3. The maximum absolute atomic E-state index is 12.9. The summed E-state index contributed by atoms with van der Waals surface area (Å²) in [5, 5.41) is 16.5. The van der Waals surface area contributed by atoms with Gasteiger partial charge in [0, 0.05) is 29.4 Å². The molecule has 1 saturated heterocycles. The molecule has 1 aliphatic rings. The highest BCUT2D eigenvalue weighted by atomic mass is 16.5. The lowest BCUT2D eigenvalue weighted by molar-refractivity contribution is -0.130. The zero-order chi connectivity index (χ0) is 24.2. The molecule has 34 heavy (non-hydrogen) atoms. The molecule has 0 bridgehead atoms. The zero-order valence-corrected chi connectivity index (χ0v) is 19.5. The van der Waals surface area contributed by atoms with Crippen LogP contribution in [0.3, 0.4) is 0 Å². The van der Waals surface area contributed by atoms with Crippen molar-refractivity contribution in [3.05, 3.63) is 54.6 Å². The SMILES string of the molecule is COc1ccc(NC(=O)Nc2cc(-c3ccccc3)nn2C2NC(=O)C(C)C(C)N2)cc1OC. The van der Waals surface area contributed by atoms with Crippen molar-refractivity contribution >= 4 is 23.4 Å². The number of nitrogens with one attached hydrogen (secondary N) is 4. The summed E-state index contributed by atoms with van der Waals surface area (Å²) >= 11 is 0. The largest absolute Gasteiger partial charge is 0.493 e. The second kappa shape index (κ2) is 9.84. The Morgan fingerprint density at radius 3 is 2.41 bits per heavy atom. The molecule has 0 spiro atoms. The molecule has 0 radical (unpaired) electrons.